The van der Waals surface area contributed by atoms with Crippen LogP contribution >= 0.6 is 0 Å². The van der Waals surface area contributed by atoms with E-state index in [0.29, 0.717) is 18.8 Å². The Bertz CT molecular complexity index is 398. The highest BCUT2D eigenvalue weighted by Crippen LogP contribution is 2.21. The van der Waals surface area contributed by atoms with E-state index in [1.165, 1.54) is 12.1 Å². The molecule has 1 aromatic rings. The Kier molecular flexibility index (Phi) is 4.84. The highest BCUT2D eigenvalue weighted by atomic mass is 19.1. The molecular weight excluding hydrogens is 227 g/mol. The van der Waals surface area contributed by atoms with Gasteiger partial charge in [0.25, 0.3) is 0 Å². The van der Waals surface area contributed by atoms with Crippen LogP contribution in [0.3, 0.4) is 0 Å². The summed E-state index contributed by atoms with van der Waals surface area (Å²) in [5, 5.41) is 13.5. The summed E-state index contributed by atoms with van der Waals surface area (Å²) in [6, 6.07) is 3.75. The molecule has 1 unspecified atom stereocenters. The molecule has 5 nitrogen and oxygen atoms in total. The first-order valence-corrected chi connectivity index (χ1v) is 5.21. The summed E-state index contributed by atoms with van der Waals surface area (Å²) >= 11 is 0. The fraction of sp³-hybridized carbons (Fsp3) is 0.455. The van der Waals surface area contributed by atoms with Gasteiger partial charge in [0.15, 0.2) is 0 Å². The Hall–Kier alpha value is -1.69. The first-order valence-electron chi connectivity index (χ1n) is 5.21. The minimum atomic E-state index is -0.828. The van der Waals surface area contributed by atoms with Crippen molar-refractivity contribution in [2.24, 2.45) is 5.92 Å². The van der Waals surface area contributed by atoms with Crippen molar-refractivity contribution >= 4 is 11.4 Å². The van der Waals surface area contributed by atoms with E-state index in [4.69, 9.17) is 4.74 Å². The molecule has 0 aromatic heterocycles. The number of methoxy groups -OCH3 is 1. The summed E-state index contributed by atoms with van der Waals surface area (Å²) in [4.78, 5) is 9.80. The van der Waals surface area contributed by atoms with E-state index in [-0.39, 0.29) is 5.92 Å². The molecule has 6 heteroatoms. The van der Waals surface area contributed by atoms with Crippen LogP contribution in [0.2, 0.25) is 0 Å². The molecule has 17 heavy (non-hydrogen) atoms. The molecule has 0 heterocycles. The average Bonchev–Trinajstić information content (AvgIpc) is 2.28. The lowest BCUT2D eigenvalue weighted by molar-refractivity contribution is -0.387. The van der Waals surface area contributed by atoms with E-state index < -0.39 is 16.4 Å². The molecule has 0 aliphatic heterocycles. The van der Waals surface area contributed by atoms with E-state index in [0.717, 1.165) is 6.07 Å². The van der Waals surface area contributed by atoms with Gasteiger partial charge in [0.05, 0.1) is 11.5 Å². The molecule has 1 aromatic carbocycles. The van der Waals surface area contributed by atoms with Crippen molar-refractivity contribution < 1.29 is 14.1 Å². The number of nitrogens with zero attached hydrogens (tertiary/aromatic N) is 1. The second-order valence-corrected chi connectivity index (χ2v) is 3.86. The number of benzene rings is 1. The Morgan fingerprint density at radius 1 is 1.59 bits per heavy atom. The van der Waals surface area contributed by atoms with Gasteiger partial charge >= 0.3 is 5.69 Å². The third-order valence-electron chi connectivity index (χ3n) is 2.25. The van der Waals surface area contributed by atoms with Crippen LogP contribution < -0.4 is 5.32 Å². The normalized spacial score (nSPS) is 12.2. The third-order valence-corrected chi connectivity index (χ3v) is 2.25. The molecule has 0 bridgehead atoms. The molecule has 0 amide bonds. The summed E-state index contributed by atoms with van der Waals surface area (Å²) < 4.78 is 18.0. The largest absolute Gasteiger partial charge is 0.384 e. The number of nitro groups is 1. The fourth-order valence-electron chi connectivity index (χ4n) is 1.40. The molecule has 0 aliphatic carbocycles. The number of hydrogen-bond acceptors (Lipinski definition) is 4. The lowest BCUT2D eigenvalue weighted by atomic mass is 10.2. The zero-order chi connectivity index (χ0) is 12.8. The van der Waals surface area contributed by atoms with E-state index >= 15 is 0 Å². The quantitative estimate of drug-likeness (QED) is 0.614. The van der Waals surface area contributed by atoms with Crippen molar-refractivity contribution in [2.45, 2.75) is 6.92 Å². The van der Waals surface area contributed by atoms with Crippen molar-refractivity contribution in [1.82, 2.24) is 0 Å². The Labute approximate surface area is 98.7 Å². The maximum atomic E-state index is 13.1. The van der Waals surface area contributed by atoms with Gasteiger partial charge in [-0.05, 0) is 18.1 Å². The molecule has 1 atom stereocenters. The van der Waals surface area contributed by atoms with Gasteiger partial charge in [-0.1, -0.05) is 6.92 Å². The van der Waals surface area contributed by atoms with Crippen molar-refractivity contribution in [1.29, 1.82) is 0 Å². The van der Waals surface area contributed by atoms with E-state index in [1.807, 2.05) is 6.92 Å². The second-order valence-electron chi connectivity index (χ2n) is 3.86. The summed E-state index contributed by atoms with van der Waals surface area (Å²) in [6.45, 7) is 3.18. The summed E-state index contributed by atoms with van der Waals surface area (Å²) in [6.07, 6.45) is 0. The lowest BCUT2D eigenvalue weighted by Crippen LogP contribution is -2.15. The van der Waals surface area contributed by atoms with E-state index in [9.17, 15) is 14.5 Å². The zero-order valence-electron chi connectivity index (χ0n) is 9.77. The van der Waals surface area contributed by atoms with Crippen LogP contribution in [0.4, 0.5) is 15.8 Å². The van der Waals surface area contributed by atoms with E-state index in [1.54, 1.807) is 7.11 Å². The molecule has 1 rings (SSSR count). The molecule has 0 aliphatic rings. The second kappa shape index (κ2) is 6.15. The van der Waals surface area contributed by atoms with E-state index in [2.05, 4.69) is 5.32 Å². The molecule has 0 fully saturated rings. The standard InChI is InChI=1S/C11H15FN2O3/c1-8(7-17-2)6-13-9-3-4-10(12)11(5-9)14(15)16/h3-5,8,13H,6-7H2,1-2H3. The van der Waals surface area contributed by atoms with Crippen LogP contribution in [0.1, 0.15) is 6.92 Å². The molecule has 1 N–H and O–H groups in total. The minimum Gasteiger partial charge on any atom is -0.384 e. The van der Waals surface area contributed by atoms with Gasteiger partial charge < -0.3 is 10.1 Å². The SMILES string of the molecule is COCC(C)CNc1ccc(F)c([N+](=O)[O-])c1. The van der Waals surface area contributed by atoms with Gasteiger partial charge in [-0.3, -0.25) is 10.1 Å². The van der Waals surface area contributed by atoms with Crippen LogP contribution in [0, 0.1) is 21.8 Å². The predicted octanol–water partition coefficient (Wildman–Crippen LogP) is 2.43. The number of anilines is 1. The van der Waals surface area contributed by atoms with Gasteiger partial charge in [0.2, 0.25) is 5.82 Å². The molecule has 0 spiro atoms. The van der Waals surface area contributed by atoms with Crippen molar-refractivity contribution in [3.63, 3.8) is 0 Å². The van der Waals surface area contributed by atoms with Crippen LogP contribution in [-0.4, -0.2) is 25.2 Å². The number of hydrogen-bond donors (Lipinski definition) is 1. The molecular formula is C11H15FN2O3. The highest BCUT2D eigenvalue weighted by molar-refractivity contribution is 5.51. The molecule has 94 valence electrons. The van der Waals surface area contributed by atoms with Gasteiger partial charge in [0, 0.05) is 25.4 Å². The van der Waals surface area contributed by atoms with Crippen LogP contribution in [0.15, 0.2) is 18.2 Å². The summed E-state index contributed by atoms with van der Waals surface area (Å²) in [7, 11) is 1.61. The van der Waals surface area contributed by atoms with Gasteiger partial charge in [0.1, 0.15) is 0 Å². The summed E-state index contributed by atoms with van der Waals surface area (Å²) in [5.41, 5.74) is 0.00967. The van der Waals surface area contributed by atoms with Crippen LogP contribution in [-0.2, 0) is 4.74 Å². The topological polar surface area (TPSA) is 64.4 Å². The Morgan fingerprint density at radius 2 is 2.29 bits per heavy atom. The number of nitrogens with one attached hydrogen (secondary N) is 1. The first-order chi connectivity index (χ1) is 8.04. The van der Waals surface area contributed by atoms with Crippen LogP contribution in [0.25, 0.3) is 0 Å². The minimum absolute atomic E-state index is 0.268. The molecule has 0 saturated carbocycles. The maximum absolute atomic E-state index is 13.1. The van der Waals surface area contributed by atoms with Crippen molar-refractivity contribution in [2.75, 3.05) is 25.6 Å². The van der Waals surface area contributed by atoms with Gasteiger partial charge in [-0.2, -0.15) is 4.39 Å². The van der Waals surface area contributed by atoms with Crippen LogP contribution in [0.5, 0.6) is 0 Å². The maximum Gasteiger partial charge on any atom is 0.306 e. The zero-order valence-corrected chi connectivity index (χ0v) is 9.77. The number of ether oxygens (including phenoxy) is 1. The molecule has 0 radical (unpaired) electrons. The Morgan fingerprint density at radius 3 is 2.88 bits per heavy atom. The highest BCUT2D eigenvalue weighted by Gasteiger charge is 2.14. The average molecular weight is 242 g/mol. The fourth-order valence-corrected chi connectivity index (χ4v) is 1.40. The monoisotopic (exact) mass is 242 g/mol. The van der Waals surface area contributed by atoms with Crippen molar-refractivity contribution in [3.8, 4) is 0 Å². The number of nitro benzene ring substituents is 1. The van der Waals surface area contributed by atoms with Gasteiger partial charge in [-0.15, -0.1) is 0 Å². The van der Waals surface area contributed by atoms with Gasteiger partial charge in [-0.25, -0.2) is 0 Å². The third kappa shape index (κ3) is 3.99. The first kappa shape index (κ1) is 13.4. The molecule has 0 saturated heterocycles. The lowest BCUT2D eigenvalue weighted by Gasteiger charge is -2.12. The number of halogens is 1. The summed E-state index contributed by atoms with van der Waals surface area (Å²) in [5.74, 6) is -0.561. The Balaban J connectivity index is 2.66. The number of rotatable bonds is 6. The predicted molar refractivity (Wildman–Crippen MR) is 62.6 cm³/mol. The smallest absolute Gasteiger partial charge is 0.306 e. The van der Waals surface area contributed by atoms with Crippen molar-refractivity contribution in [3.05, 3.63) is 34.1 Å².